The highest BCUT2D eigenvalue weighted by Gasteiger charge is 2.28. The van der Waals surface area contributed by atoms with Crippen LogP contribution in [0.4, 0.5) is 0 Å². The summed E-state index contributed by atoms with van der Waals surface area (Å²) in [6.45, 7) is 0. The van der Waals surface area contributed by atoms with E-state index in [-0.39, 0.29) is 0 Å². The molecule has 0 unspecified atom stereocenters. The molecule has 0 aliphatic heterocycles. The molecule has 5 heteroatoms. The first-order chi connectivity index (χ1) is 4.11. The lowest BCUT2D eigenvalue weighted by Gasteiger charge is -2.02. The van der Waals surface area contributed by atoms with Crippen molar-refractivity contribution in [3.63, 3.8) is 0 Å². The summed E-state index contributed by atoms with van der Waals surface area (Å²) >= 11 is 16.9. The van der Waals surface area contributed by atoms with Gasteiger partial charge >= 0.3 is 6.00 Å². The number of hydrogen-bond donors (Lipinski definition) is 1. The number of halogens is 3. The standard InChI is InChI=1S/C4H4Cl3NSi/c5-9(6,7)4-2-1-3-8-4/h1-3,8H. The summed E-state index contributed by atoms with van der Waals surface area (Å²) < 4.78 is 0. The molecule has 0 bridgehead atoms. The predicted molar refractivity (Wildman–Crippen MR) is 43.7 cm³/mol. The van der Waals surface area contributed by atoms with Crippen LogP contribution in [0.25, 0.3) is 0 Å². The van der Waals surface area contributed by atoms with Crippen molar-refractivity contribution in [2.75, 3.05) is 0 Å². The summed E-state index contributed by atoms with van der Waals surface area (Å²) in [7, 11) is 0. The second-order valence-corrected chi connectivity index (χ2v) is 9.96. The molecule has 0 radical (unpaired) electrons. The number of hydrogen-bond acceptors (Lipinski definition) is 0. The molecule has 1 heterocycles. The van der Waals surface area contributed by atoms with Gasteiger partial charge in [-0.25, -0.2) is 0 Å². The lowest BCUT2D eigenvalue weighted by molar-refractivity contribution is 1.47. The molecule has 1 aromatic rings. The number of aromatic amines is 1. The second-order valence-electron chi connectivity index (χ2n) is 1.58. The van der Waals surface area contributed by atoms with E-state index >= 15 is 0 Å². The van der Waals surface area contributed by atoms with Crippen LogP contribution >= 0.6 is 33.2 Å². The molecule has 0 amide bonds. The van der Waals surface area contributed by atoms with E-state index in [4.69, 9.17) is 33.2 Å². The van der Waals surface area contributed by atoms with Crippen LogP contribution in [0, 0.1) is 0 Å². The molecule has 1 rings (SSSR count). The molecule has 9 heavy (non-hydrogen) atoms. The lowest BCUT2D eigenvalue weighted by Crippen LogP contribution is -2.30. The van der Waals surface area contributed by atoms with Gasteiger partial charge in [0.25, 0.3) is 0 Å². The van der Waals surface area contributed by atoms with Crippen molar-refractivity contribution in [1.29, 1.82) is 0 Å². The Bertz CT molecular complexity index is 178. The van der Waals surface area contributed by atoms with Gasteiger partial charge in [-0.05, 0) is 12.1 Å². The Morgan fingerprint density at radius 3 is 2.22 bits per heavy atom. The summed E-state index contributed by atoms with van der Waals surface area (Å²) in [6, 6.07) is 0.967. The first-order valence-corrected chi connectivity index (χ1v) is 7.35. The summed E-state index contributed by atoms with van der Waals surface area (Å²) in [6.07, 6.45) is 1.74. The van der Waals surface area contributed by atoms with Gasteiger partial charge < -0.3 is 4.98 Å². The van der Waals surface area contributed by atoms with E-state index in [1.807, 2.05) is 6.07 Å². The van der Waals surface area contributed by atoms with Crippen LogP contribution in [0.3, 0.4) is 0 Å². The molecule has 50 valence electrons. The molecular formula is C4H4Cl3NSi. The average molecular weight is 201 g/mol. The number of H-pyrrole nitrogens is 1. The highest BCUT2D eigenvalue weighted by Crippen LogP contribution is 2.17. The van der Waals surface area contributed by atoms with Gasteiger partial charge in [0.2, 0.25) is 0 Å². The third-order valence-corrected chi connectivity index (χ3v) is 3.66. The first-order valence-electron chi connectivity index (χ1n) is 2.31. The molecule has 0 aliphatic rings. The molecule has 1 aromatic heterocycles. The molecule has 0 fully saturated rings. The molecule has 0 saturated heterocycles. The minimum Gasteiger partial charge on any atom is -0.365 e. The minimum absolute atomic E-state index is 0.729. The van der Waals surface area contributed by atoms with Crippen LogP contribution in [-0.4, -0.2) is 11.0 Å². The summed E-state index contributed by atoms with van der Waals surface area (Å²) in [4.78, 5) is 2.84. The van der Waals surface area contributed by atoms with Crippen molar-refractivity contribution in [1.82, 2.24) is 4.98 Å². The van der Waals surface area contributed by atoms with Gasteiger partial charge in [-0.1, -0.05) is 0 Å². The van der Waals surface area contributed by atoms with Gasteiger partial charge in [-0.3, -0.25) is 0 Å². The van der Waals surface area contributed by atoms with Gasteiger partial charge in [-0.2, -0.15) is 0 Å². The predicted octanol–water partition coefficient (Wildman–Crippen LogP) is 1.88. The highest BCUT2D eigenvalue weighted by molar-refractivity contribution is 7.69. The Morgan fingerprint density at radius 1 is 1.33 bits per heavy atom. The van der Waals surface area contributed by atoms with Crippen LogP contribution in [0.5, 0.6) is 0 Å². The fourth-order valence-corrected chi connectivity index (χ4v) is 2.10. The molecular weight excluding hydrogens is 196 g/mol. The zero-order valence-corrected chi connectivity index (χ0v) is 7.63. The normalized spacial score (nSPS) is 11.9. The molecule has 0 atom stereocenters. The van der Waals surface area contributed by atoms with Crippen molar-refractivity contribution in [3.05, 3.63) is 18.3 Å². The molecule has 0 spiro atoms. The van der Waals surface area contributed by atoms with Crippen molar-refractivity contribution in [2.24, 2.45) is 0 Å². The molecule has 0 aliphatic carbocycles. The first kappa shape index (κ1) is 7.47. The van der Waals surface area contributed by atoms with E-state index < -0.39 is 6.00 Å². The molecule has 0 saturated carbocycles. The van der Waals surface area contributed by atoms with Gasteiger partial charge in [0.05, 0.1) is 0 Å². The molecule has 0 aromatic carbocycles. The summed E-state index contributed by atoms with van der Waals surface area (Å²) in [5.41, 5.74) is 0. The van der Waals surface area contributed by atoms with Gasteiger partial charge in [0, 0.05) is 11.5 Å². The van der Waals surface area contributed by atoms with Crippen LogP contribution in [0.1, 0.15) is 0 Å². The molecule has 1 N–H and O–H groups in total. The SMILES string of the molecule is Cl[Si](Cl)(Cl)c1ccc[nH]1. The fourth-order valence-electron chi connectivity index (χ4n) is 0.507. The Labute approximate surface area is 68.0 Å². The van der Waals surface area contributed by atoms with E-state index in [0.717, 1.165) is 5.32 Å². The zero-order valence-electron chi connectivity index (χ0n) is 4.37. The van der Waals surface area contributed by atoms with Gasteiger partial charge in [0.1, 0.15) is 0 Å². The minimum atomic E-state index is -2.62. The Balaban J connectivity index is 2.90. The zero-order chi connectivity index (χ0) is 6.91. The summed E-state index contributed by atoms with van der Waals surface area (Å²) in [5, 5.41) is 0.729. The quantitative estimate of drug-likeness (QED) is 0.526. The van der Waals surface area contributed by atoms with Crippen molar-refractivity contribution in [3.8, 4) is 0 Å². The van der Waals surface area contributed by atoms with Crippen molar-refractivity contribution < 1.29 is 0 Å². The number of aromatic nitrogens is 1. The van der Waals surface area contributed by atoms with Gasteiger partial charge in [0.15, 0.2) is 0 Å². The fraction of sp³-hybridized carbons (Fsp3) is 0. The average Bonchev–Trinajstić information content (AvgIpc) is 2.08. The van der Waals surface area contributed by atoms with E-state index in [2.05, 4.69) is 4.98 Å². The summed E-state index contributed by atoms with van der Waals surface area (Å²) in [5.74, 6) is 0. The van der Waals surface area contributed by atoms with Crippen LogP contribution < -0.4 is 5.32 Å². The maximum atomic E-state index is 5.64. The maximum Gasteiger partial charge on any atom is 0.389 e. The number of nitrogens with one attached hydrogen (secondary N) is 1. The maximum absolute atomic E-state index is 5.64. The Morgan fingerprint density at radius 2 is 2.00 bits per heavy atom. The monoisotopic (exact) mass is 199 g/mol. The van der Waals surface area contributed by atoms with E-state index in [0.29, 0.717) is 0 Å². The third kappa shape index (κ3) is 1.90. The third-order valence-electron chi connectivity index (χ3n) is 0.903. The van der Waals surface area contributed by atoms with Gasteiger partial charge in [-0.15, -0.1) is 33.2 Å². The smallest absolute Gasteiger partial charge is 0.365 e. The Hall–Kier alpha value is 0.367. The molecule has 1 nitrogen and oxygen atoms in total. The second kappa shape index (κ2) is 2.54. The largest absolute Gasteiger partial charge is 0.389 e. The van der Waals surface area contributed by atoms with Crippen LogP contribution in [0.15, 0.2) is 18.3 Å². The van der Waals surface area contributed by atoms with Crippen LogP contribution in [-0.2, 0) is 0 Å². The lowest BCUT2D eigenvalue weighted by atomic mass is 10.7. The number of rotatable bonds is 1. The van der Waals surface area contributed by atoms with E-state index in [1.54, 1.807) is 12.3 Å². The van der Waals surface area contributed by atoms with Crippen molar-refractivity contribution >= 4 is 44.6 Å². The highest BCUT2D eigenvalue weighted by atomic mass is 35.8. The van der Waals surface area contributed by atoms with Crippen molar-refractivity contribution in [2.45, 2.75) is 0 Å². The van der Waals surface area contributed by atoms with Crippen LogP contribution in [0.2, 0.25) is 0 Å². The Kier molecular flexibility index (Phi) is 2.11. The van der Waals surface area contributed by atoms with E-state index in [1.165, 1.54) is 0 Å². The van der Waals surface area contributed by atoms with E-state index in [9.17, 15) is 0 Å². The topological polar surface area (TPSA) is 15.8 Å².